The standard InChI is InChI=1S/C22H23FN2O/c1-15(19-8-4-6-16-5-2-3-7-20(16)19)24-12-11-18-14-25-21-13-17(23)9-10-22(21)26-18/h2-10,13,15,18,24-25H,11-12,14H2,1H3. The van der Waals surface area contributed by atoms with Gasteiger partial charge in [0.25, 0.3) is 0 Å². The van der Waals surface area contributed by atoms with Gasteiger partial charge < -0.3 is 15.4 Å². The van der Waals surface area contributed by atoms with Gasteiger partial charge in [-0.25, -0.2) is 4.39 Å². The Labute approximate surface area is 153 Å². The van der Waals surface area contributed by atoms with Gasteiger partial charge in [-0.2, -0.15) is 0 Å². The summed E-state index contributed by atoms with van der Waals surface area (Å²) in [6.07, 6.45) is 0.971. The highest BCUT2D eigenvalue weighted by molar-refractivity contribution is 5.86. The van der Waals surface area contributed by atoms with Crippen molar-refractivity contribution in [1.82, 2.24) is 5.32 Å². The van der Waals surface area contributed by atoms with Crippen molar-refractivity contribution in [3.63, 3.8) is 0 Å². The Balaban J connectivity index is 1.35. The molecule has 0 spiro atoms. The minimum atomic E-state index is -0.246. The molecule has 0 radical (unpaired) electrons. The van der Waals surface area contributed by atoms with Crippen molar-refractivity contribution >= 4 is 16.5 Å². The summed E-state index contributed by atoms with van der Waals surface area (Å²) in [5.41, 5.74) is 2.05. The van der Waals surface area contributed by atoms with E-state index in [4.69, 9.17) is 4.74 Å². The van der Waals surface area contributed by atoms with Crippen LogP contribution in [-0.2, 0) is 0 Å². The van der Waals surface area contributed by atoms with Gasteiger partial charge in [-0.1, -0.05) is 42.5 Å². The van der Waals surface area contributed by atoms with E-state index in [9.17, 15) is 4.39 Å². The molecule has 1 aliphatic rings. The molecule has 26 heavy (non-hydrogen) atoms. The Kier molecular flexibility index (Phi) is 4.76. The predicted molar refractivity (Wildman–Crippen MR) is 104 cm³/mol. The van der Waals surface area contributed by atoms with Crippen LogP contribution in [0.2, 0.25) is 0 Å². The van der Waals surface area contributed by atoms with Crippen molar-refractivity contribution < 1.29 is 9.13 Å². The first-order valence-electron chi connectivity index (χ1n) is 9.12. The topological polar surface area (TPSA) is 33.3 Å². The third-order valence-electron chi connectivity index (χ3n) is 4.96. The zero-order valence-corrected chi connectivity index (χ0v) is 14.8. The van der Waals surface area contributed by atoms with Crippen LogP contribution in [0, 0.1) is 5.82 Å². The molecule has 1 heterocycles. The van der Waals surface area contributed by atoms with Crippen molar-refractivity contribution in [3.05, 3.63) is 72.0 Å². The van der Waals surface area contributed by atoms with Crippen LogP contribution in [0.25, 0.3) is 10.8 Å². The zero-order valence-electron chi connectivity index (χ0n) is 14.8. The van der Waals surface area contributed by atoms with E-state index in [0.29, 0.717) is 6.54 Å². The van der Waals surface area contributed by atoms with Crippen molar-refractivity contribution in [2.45, 2.75) is 25.5 Å². The van der Waals surface area contributed by atoms with Gasteiger partial charge in [0.2, 0.25) is 0 Å². The lowest BCUT2D eigenvalue weighted by Gasteiger charge is -2.28. The third-order valence-corrected chi connectivity index (χ3v) is 4.96. The van der Waals surface area contributed by atoms with E-state index in [0.717, 1.165) is 24.4 Å². The van der Waals surface area contributed by atoms with Crippen LogP contribution in [0.15, 0.2) is 60.7 Å². The second kappa shape index (κ2) is 7.34. The molecule has 0 aromatic heterocycles. The van der Waals surface area contributed by atoms with E-state index in [-0.39, 0.29) is 18.0 Å². The van der Waals surface area contributed by atoms with E-state index in [1.54, 1.807) is 6.07 Å². The fourth-order valence-corrected chi connectivity index (χ4v) is 3.55. The van der Waals surface area contributed by atoms with Gasteiger partial charge in [0, 0.05) is 12.1 Å². The maximum absolute atomic E-state index is 13.2. The summed E-state index contributed by atoms with van der Waals surface area (Å²) in [4.78, 5) is 0. The first-order chi connectivity index (χ1) is 12.7. The number of benzene rings is 3. The average molecular weight is 350 g/mol. The molecule has 1 aliphatic heterocycles. The van der Waals surface area contributed by atoms with Crippen molar-refractivity contribution in [3.8, 4) is 5.75 Å². The Morgan fingerprint density at radius 2 is 2.00 bits per heavy atom. The van der Waals surface area contributed by atoms with E-state index in [1.807, 2.05) is 0 Å². The smallest absolute Gasteiger partial charge is 0.143 e. The van der Waals surface area contributed by atoms with Crippen molar-refractivity contribution in [2.24, 2.45) is 0 Å². The van der Waals surface area contributed by atoms with E-state index in [2.05, 4.69) is 60.0 Å². The van der Waals surface area contributed by atoms with Crippen molar-refractivity contribution in [2.75, 3.05) is 18.4 Å². The van der Waals surface area contributed by atoms with Crippen LogP contribution in [0.5, 0.6) is 5.75 Å². The maximum atomic E-state index is 13.2. The fourth-order valence-electron chi connectivity index (χ4n) is 3.55. The lowest BCUT2D eigenvalue weighted by molar-refractivity contribution is 0.193. The molecule has 0 bridgehead atoms. The summed E-state index contributed by atoms with van der Waals surface area (Å²) >= 11 is 0. The first kappa shape index (κ1) is 16.9. The highest BCUT2D eigenvalue weighted by Crippen LogP contribution is 2.30. The summed E-state index contributed by atoms with van der Waals surface area (Å²) in [6.45, 7) is 3.74. The molecule has 4 rings (SSSR count). The molecule has 3 aromatic rings. The van der Waals surface area contributed by atoms with Gasteiger partial charge >= 0.3 is 0 Å². The Hall–Kier alpha value is -2.59. The molecule has 4 heteroatoms. The molecule has 2 unspecified atom stereocenters. The van der Waals surface area contributed by atoms with E-state index in [1.165, 1.54) is 28.5 Å². The molecule has 0 amide bonds. The third kappa shape index (κ3) is 3.51. The highest BCUT2D eigenvalue weighted by atomic mass is 19.1. The first-order valence-corrected chi connectivity index (χ1v) is 9.12. The molecule has 2 N–H and O–H groups in total. The number of ether oxygens (including phenoxy) is 1. The van der Waals surface area contributed by atoms with Crippen LogP contribution in [0.4, 0.5) is 10.1 Å². The monoisotopic (exact) mass is 350 g/mol. The molecule has 0 fully saturated rings. The molecule has 3 nitrogen and oxygen atoms in total. The van der Waals surface area contributed by atoms with Gasteiger partial charge in [-0.05, 0) is 48.4 Å². The number of hydrogen-bond donors (Lipinski definition) is 2. The number of rotatable bonds is 5. The quantitative estimate of drug-likeness (QED) is 0.687. The summed E-state index contributed by atoms with van der Waals surface area (Å²) in [7, 11) is 0. The SMILES string of the molecule is CC(NCCC1CNc2cc(F)ccc2O1)c1cccc2ccccc12. The number of hydrogen-bond acceptors (Lipinski definition) is 3. The molecule has 0 saturated heterocycles. The normalized spacial score (nSPS) is 17.2. The highest BCUT2D eigenvalue weighted by Gasteiger charge is 2.19. The summed E-state index contributed by atoms with van der Waals surface area (Å²) in [5, 5.41) is 9.42. The van der Waals surface area contributed by atoms with Gasteiger partial charge in [0.15, 0.2) is 0 Å². The zero-order chi connectivity index (χ0) is 17.9. The minimum absolute atomic E-state index is 0.0835. The number of fused-ring (bicyclic) bond motifs is 2. The molecule has 0 aliphatic carbocycles. The molecular formula is C22H23FN2O. The summed E-state index contributed by atoms with van der Waals surface area (Å²) < 4.78 is 19.2. The summed E-state index contributed by atoms with van der Waals surface area (Å²) in [5.74, 6) is 0.480. The molecular weight excluding hydrogens is 327 g/mol. The van der Waals surface area contributed by atoms with Crippen molar-refractivity contribution in [1.29, 1.82) is 0 Å². The van der Waals surface area contributed by atoms with Gasteiger partial charge in [-0.15, -0.1) is 0 Å². The molecule has 134 valence electrons. The van der Waals surface area contributed by atoms with Gasteiger partial charge in [0.05, 0.1) is 12.2 Å². The second-order valence-electron chi connectivity index (χ2n) is 6.79. The van der Waals surface area contributed by atoms with Gasteiger partial charge in [0.1, 0.15) is 17.7 Å². The average Bonchev–Trinajstić information content (AvgIpc) is 2.67. The molecule has 0 saturated carbocycles. The van der Waals surface area contributed by atoms with Crippen LogP contribution in [0.3, 0.4) is 0 Å². The Morgan fingerprint density at radius 1 is 1.15 bits per heavy atom. The molecule has 3 aromatic carbocycles. The Morgan fingerprint density at radius 3 is 2.92 bits per heavy atom. The number of nitrogens with one attached hydrogen (secondary N) is 2. The minimum Gasteiger partial charge on any atom is -0.486 e. The molecule has 2 atom stereocenters. The maximum Gasteiger partial charge on any atom is 0.143 e. The van der Waals surface area contributed by atoms with Crippen LogP contribution in [0.1, 0.15) is 24.9 Å². The summed E-state index contributed by atoms with van der Waals surface area (Å²) in [6, 6.07) is 19.8. The van der Waals surface area contributed by atoms with Crippen LogP contribution < -0.4 is 15.4 Å². The van der Waals surface area contributed by atoms with Crippen LogP contribution in [-0.4, -0.2) is 19.2 Å². The lowest BCUT2D eigenvalue weighted by atomic mass is 9.99. The van der Waals surface area contributed by atoms with Crippen LogP contribution >= 0.6 is 0 Å². The fraction of sp³-hybridized carbons (Fsp3) is 0.273. The number of halogens is 1. The number of anilines is 1. The van der Waals surface area contributed by atoms with E-state index < -0.39 is 0 Å². The van der Waals surface area contributed by atoms with Gasteiger partial charge in [-0.3, -0.25) is 0 Å². The largest absolute Gasteiger partial charge is 0.486 e. The lowest BCUT2D eigenvalue weighted by Crippen LogP contribution is -2.34. The predicted octanol–water partition coefficient (Wildman–Crippen LogP) is 4.89. The Bertz CT molecular complexity index is 906. The van der Waals surface area contributed by atoms with E-state index >= 15 is 0 Å². The second-order valence-corrected chi connectivity index (χ2v) is 6.79.